The Balaban J connectivity index is 0.00000131. The van der Waals surface area contributed by atoms with Crippen LogP contribution in [0.4, 0.5) is 5.69 Å². The highest BCUT2D eigenvalue weighted by Crippen LogP contribution is 2.27. The first-order valence-electron chi connectivity index (χ1n) is 8.65. The average molecular weight is 408 g/mol. The molecule has 0 bridgehead atoms. The number of nitrogens with one attached hydrogen (secondary N) is 1. The Hall–Kier alpha value is -2.15. The molecule has 0 unspecified atom stereocenters. The molecule has 0 radical (unpaired) electrons. The van der Waals surface area contributed by atoms with Gasteiger partial charge >= 0.3 is 0 Å². The summed E-state index contributed by atoms with van der Waals surface area (Å²) in [5, 5.41) is 2.91. The van der Waals surface area contributed by atoms with Crippen molar-refractivity contribution in [2.45, 2.75) is 37.6 Å². The van der Waals surface area contributed by atoms with Crippen LogP contribution in [0.3, 0.4) is 0 Å². The third-order valence-electron chi connectivity index (χ3n) is 4.90. The van der Waals surface area contributed by atoms with Gasteiger partial charge in [0.2, 0.25) is 5.91 Å². The number of carbonyl (C=O) groups is 1. The summed E-state index contributed by atoms with van der Waals surface area (Å²) in [4.78, 5) is 21.3. The van der Waals surface area contributed by atoms with E-state index >= 15 is 0 Å². The van der Waals surface area contributed by atoms with E-state index in [9.17, 15) is 4.79 Å². The molecule has 0 saturated heterocycles. The third kappa shape index (κ3) is 4.24. The molecule has 4 rings (SSSR count). The molecule has 2 aromatic heterocycles. The molecule has 27 heavy (non-hydrogen) atoms. The van der Waals surface area contributed by atoms with Crippen LogP contribution in [0.15, 0.2) is 48.9 Å². The molecule has 1 amide bonds. The highest BCUT2D eigenvalue weighted by atomic mass is 35.5. The van der Waals surface area contributed by atoms with Crippen LogP contribution in [0, 0.1) is 0 Å². The number of halogens is 2. The van der Waals surface area contributed by atoms with E-state index in [4.69, 9.17) is 5.73 Å². The first kappa shape index (κ1) is 21.2. The molecule has 3 aromatic rings. The average Bonchev–Trinajstić information content (AvgIpc) is 3.07. The van der Waals surface area contributed by atoms with Gasteiger partial charge in [-0.2, -0.15) is 0 Å². The number of rotatable bonds is 3. The van der Waals surface area contributed by atoms with Gasteiger partial charge in [-0.3, -0.25) is 9.36 Å². The second-order valence-corrected chi connectivity index (χ2v) is 6.68. The van der Waals surface area contributed by atoms with Crippen molar-refractivity contribution in [1.82, 2.24) is 14.5 Å². The smallest absolute Gasteiger partial charge is 0.244 e. The number of hydrogen-bond acceptors (Lipinski definition) is 4. The summed E-state index contributed by atoms with van der Waals surface area (Å²) in [5.74, 6) is 0.640. The Bertz CT molecular complexity index is 904. The molecule has 0 atom stereocenters. The minimum atomic E-state index is -0.753. The zero-order chi connectivity index (χ0) is 17.3. The molecule has 3 N–H and O–H groups in total. The van der Waals surface area contributed by atoms with E-state index in [1.54, 1.807) is 12.5 Å². The Morgan fingerprint density at radius 2 is 1.78 bits per heavy atom. The largest absolute Gasteiger partial charge is 0.323 e. The summed E-state index contributed by atoms with van der Waals surface area (Å²) in [6, 6.07) is 11.6. The number of para-hydroxylation sites is 2. The summed E-state index contributed by atoms with van der Waals surface area (Å²) in [7, 11) is 0. The van der Waals surface area contributed by atoms with Crippen LogP contribution in [-0.4, -0.2) is 26.0 Å². The van der Waals surface area contributed by atoms with Gasteiger partial charge in [-0.1, -0.05) is 31.4 Å². The Morgan fingerprint density at radius 3 is 2.48 bits per heavy atom. The lowest BCUT2D eigenvalue weighted by Crippen LogP contribution is -2.52. The molecule has 144 valence electrons. The molecule has 6 nitrogen and oxygen atoms in total. The number of amides is 1. The molecule has 0 spiro atoms. The van der Waals surface area contributed by atoms with E-state index in [0.29, 0.717) is 5.69 Å². The van der Waals surface area contributed by atoms with Gasteiger partial charge in [-0.25, -0.2) is 9.97 Å². The Kier molecular flexibility index (Phi) is 6.81. The highest BCUT2D eigenvalue weighted by Gasteiger charge is 2.35. The third-order valence-corrected chi connectivity index (χ3v) is 4.90. The van der Waals surface area contributed by atoms with Crippen molar-refractivity contribution >= 4 is 47.4 Å². The standard InChI is InChI=1S/C19H21N5O.2ClH/c20-19(10-4-1-5-11-19)18(25)23-14-8-9-17(21-12-14)24-13-22-15-6-2-3-7-16(15)24;;/h2-3,6-9,12-13H,1,4-5,10-11,20H2,(H,23,25);2*1H. The predicted molar refractivity (Wildman–Crippen MR) is 112 cm³/mol. The summed E-state index contributed by atoms with van der Waals surface area (Å²) in [6.07, 6.45) is 8.07. The number of imidazole rings is 1. The maximum absolute atomic E-state index is 12.5. The molecule has 1 fully saturated rings. The van der Waals surface area contributed by atoms with E-state index in [2.05, 4.69) is 15.3 Å². The predicted octanol–water partition coefficient (Wildman–Crippen LogP) is 3.86. The van der Waals surface area contributed by atoms with Gasteiger partial charge in [-0.05, 0) is 37.1 Å². The van der Waals surface area contributed by atoms with Crippen LogP contribution in [0.1, 0.15) is 32.1 Å². The van der Waals surface area contributed by atoms with E-state index in [1.807, 2.05) is 41.0 Å². The van der Waals surface area contributed by atoms with Crippen molar-refractivity contribution < 1.29 is 4.79 Å². The van der Waals surface area contributed by atoms with Crippen LogP contribution < -0.4 is 11.1 Å². The summed E-state index contributed by atoms with van der Waals surface area (Å²) in [5.41, 5.74) is 8.10. The van der Waals surface area contributed by atoms with Crippen molar-refractivity contribution in [3.8, 4) is 5.82 Å². The number of hydrogen-bond donors (Lipinski definition) is 2. The van der Waals surface area contributed by atoms with Crippen LogP contribution in [0.5, 0.6) is 0 Å². The van der Waals surface area contributed by atoms with Gasteiger partial charge in [-0.15, -0.1) is 24.8 Å². The van der Waals surface area contributed by atoms with E-state index in [-0.39, 0.29) is 30.7 Å². The number of nitrogens with zero attached hydrogens (tertiary/aromatic N) is 3. The number of carbonyl (C=O) groups excluding carboxylic acids is 1. The molecule has 0 aliphatic heterocycles. The molecule has 1 aliphatic rings. The number of benzene rings is 1. The molecular weight excluding hydrogens is 385 g/mol. The van der Waals surface area contributed by atoms with E-state index < -0.39 is 5.54 Å². The van der Waals surface area contributed by atoms with Crippen LogP contribution in [0.25, 0.3) is 16.9 Å². The van der Waals surface area contributed by atoms with Crippen molar-refractivity contribution in [2.75, 3.05) is 5.32 Å². The van der Waals surface area contributed by atoms with Crippen molar-refractivity contribution in [1.29, 1.82) is 0 Å². The summed E-state index contributed by atoms with van der Waals surface area (Å²) >= 11 is 0. The van der Waals surface area contributed by atoms with Gasteiger partial charge in [0.1, 0.15) is 12.1 Å². The second-order valence-electron chi connectivity index (χ2n) is 6.68. The van der Waals surface area contributed by atoms with Crippen LogP contribution in [-0.2, 0) is 4.79 Å². The Morgan fingerprint density at radius 1 is 1.04 bits per heavy atom. The van der Waals surface area contributed by atoms with Crippen molar-refractivity contribution in [3.05, 3.63) is 48.9 Å². The lowest BCUT2D eigenvalue weighted by molar-refractivity contribution is -0.122. The Labute approximate surface area is 170 Å². The lowest BCUT2D eigenvalue weighted by atomic mass is 9.82. The first-order valence-corrected chi connectivity index (χ1v) is 8.65. The van der Waals surface area contributed by atoms with Crippen molar-refractivity contribution in [2.24, 2.45) is 5.73 Å². The fourth-order valence-corrected chi connectivity index (χ4v) is 3.41. The first-order chi connectivity index (χ1) is 12.2. The normalized spacial score (nSPS) is 15.4. The van der Waals surface area contributed by atoms with Gasteiger partial charge in [0, 0.05) is 0 Å². The monoisotopic (exact) mass is 407 g/mol. The minimum Gasteiger partial charge on any atom is -0.323 e. The minimum absolute atomic E-state index is 0. The van der Waals surface area contributed by atoms with E-state index in [0.717, 1.165) is 49.0 Å². The number of nitrogens with two attached hydrogens (primary N) is 1. The van der Waals surface area contributed by atoms with Crippen LogP contribution in [0.2, 0.25) is 0 Å². The van der Waals surface area contributed by atoms with Gasteiger partial charge in [0.25, 0.3) is 0 Å². The highest BCUT2D eigenvalue weighted by molar-refractivity contribution is 5.98. The van der Waals surface area contributed by atoms with Gasteiger partial charge < -0.3 is 11.1 Å². The molecule has 2 heterocycles. The topological polar surface area (TPSA) is 85.8 Å². The molecule has 1 aliphatic carbocycles. The van der Waals surface area contributed by atoms with Gasteiger partial charge in [0.15, 0.2) is 0 Å². The zero-order valence-corrected chi connectivity index (χ0v) is 16.4. The van der Waals surface area contributed by atoms with Gasteiger partial charge in [0.05, 0.1) is 28.5 Å². The number of anilines is 1. The number of pyridine rings is 1. The fourth-order valence-electron chi connectivity index (χ4n) is 3.41. The maximum Gasteiger partial charge on any atom is 0.244 e. The molecular formula is C19H23Cl2N5O. The quantitative estimate of drug-likeness (QED) is 0.689. The number of fused-ring (bicyclic) bond motifs is 1. The zero-order valence-electron chi connectivity index (χ0n) is 14.8. The second kappa shape index (κ2) is 8.69. The van der Waals surface area contributed by atoms with Crippen molar-refractivity contribution in [3.63, 3.8) is 0 Å². The van der Waals surface area contributed by atoms with Crippen LogP contribution >= 0.6 is 24.8 Å². The lowest BCUT2D eigenvalue weighted by Gasteiger charge is -2.31. The maximum atomic E-state index is 12.5. The summed E-state index contributed by atoms with van der Waals surface area (Å²) < 4.78 is 1.92. The molecule has 1 saturated carbocycles. The SMILES string of the molecule is Cl.Cl.NC1(C(=O)Nc2ccc(-n3cnc4ccccc43)nc2)CCCCC1. The summed E-state index contributed by atoms with van der Waals surface area (Å²) in [6.45, 7) is 0. The molecule has 1 aromatic carbocycles. The van der Waals surface area contributed by atoms with E-state index in [1.165, 1.54) is 0 Å². The fraction of sp³-hybridized carbons (Fsp3) is 0.316. The molecule has 8 heteroatoms. The number of aromatic nitrogens is 3.